The van der Waals surface area contributed by atoms with Gasteiger partial charge in [-0.1, -0.05) is 58.3 Å². The highest BCUT2D eigenvalue weighted by molar-refractivity contribution is 7.98. The van der Waals surface area contributed by atoms with Crippen molar-refractivity contribution in [3.63, 3.8) is 0 Å². The largest absolute Gasteiger partial charge is 0.360 e. The molecule has 4 aromatic rings. The first-order valence-electron chi connectivity index (χ1n) is 7.69. The van der Waals surface area contributed by atoms with E-state index in [1.54, 1.807) is 6.33 Å². The van der Waals surface area contributed by atoms with E-state index in [0.29, 0.717) is 15.8 Å². The van der Waals surface area contributed by atoms with Crippen molar-refractivity contribution in [2.24, 2.45) is 0 Å². The van der Waals surface area contributed by atoms with Gasteiger partial charge in [0.05, 0.1) is 11.4 Å². The van der Waals surface area contributed by atoms with E-state index in [4.69, 9.17) is 27.7 Å². The SMILES string of the molecule is Clc1ccc(-c2cc(CSc3nncn3-c3cccc(Cl)c3)on2)cc1. The quantitative estimate of drug-likeness (QED) is 0.411. The average Bonchev–Trinajstić information content (AvgIpc) is 3.30. The molecule has 0 aliphatic heterocycles. The minimum absolute atomic E-state index is 0.583. The Kier molecular flexibility index (Phi) is 4.97. The van der Waals surface area contributed by atoms with Crippen molar-refractivity contribution in [3.8, 4) is 16.9 Å². The zero-order chi connectivity index (χ0) is 17.9. The summed E-state index contributed by atoms with van der Waals surface area (Å²) in [7, 11) is 0. The number of halogens is 2. The fraction of sp³-hybridized carbons (Fsp3) is 0.0556. The maximum atomic E-state index is 6.07. The first kappa shape index (κ1) is 17.1. The molecule has 2 heterocycles. The van der Waals surface area contributed by atoms with Crippen molar-refractivity contribution in [2.45, 2.75) is 10.9 Å². The Labute approximate surface area is 163 Å². The number of benzene rings is 2. The zero-order valence-corrected chi connectivity index (χ0v) is 15.7. The van der Waals surface area contributed by atoms with E-state index in [2.05, 4.69) is 15.4 Å². The van der Waals surface area contributed by atoms with Crippen LogP contribution in [-0.4, -0.2) is 19.9 Å². The van der Waals surface area contributed by atoms with Crippen LogP contribution in [0.5, 0.6) is 0 Å². The van der Waals surface area contributed by atoms with Gasteiger partial charge in [0.1, 0.15) is 17.8 Å². The summed E-state index contributed by atoms with van der Waals surface area (Å²) >= 11 is 13.5. The van der Waals surface area contributed by atoms with Crippen molar-refractivity contribution >= 4 is 35.0 Å². The Hall–Kier alpha value is -2.28. The van der Waals surface area contributed by atoms with Crippen LogP contribution in [0.3, 0.4) is 0 Å². The van der Waals surface area contributed by atoms with Gasteiger partial charge in [0.2, 0.25) is 0 Å². The van der Waals surface area contributed by atoms with Gasteiger partial charge in [0.25, 0.3) is 0 Å². The maximum Gasteiger partial charge on any atom is 0.196 e. The van der Waals surface area contributed by atoms with Crippen molar-refractivity contribution in [1.29, 1.82) is 0 Å². The summed E-state index contributed by atoms with van der Waals surface area (Å²) in [4.78, 5) is 0. The number of aromatic nitrogens is 4. The lowest BCUT2D eigenvalue weighted by Gasteiger charge is -2.05. The third-order valence-electron chi connectivity index (χ3n) is 3.65. The Balaban J connectivity index is 1.49. The molecule has 4 rings (SSSR count). The van der Waals surface area contributed by atoms with Gasteiger partial charge < -0.3 is 4.52 Å². The highest BCUT2D eigenvalue weighted by Crippen LogP contribution is 2.27. The smallest absolute Gasteiger partial charge is 0.196 e. The van der Waals surface area contributed by atoms with Crippen molar-refractivity contribution < 1.29 is 4.52 Å². The van der Waals surface area contributed by atoms with Crippen LogP contribution in [0.25, 0.3) is 16.9 Å². The molecule has 2 aromatic carbocycles. The number of nitrogens with zero attached hydrogens (tertiary/aromatic N) is 4. The first-order valence-corrected chi connectivity index (χ1v) is 9.43. The Bertz CT molecular complexity index is 1030. The second-order valence-electron chi connectivity index (χ2n) is 5.44. The highest BCUT2D eigenvalue weighted by Gasteiger charge is 2.11. The summed E-state index contributed by atoms with van der Waals surface area (Å²) in [6, 6.07) is 16.9. The van der Waals surface area contributed by atoms with Crippen LogP contribution >= 0.6 is 35.0 Å². The summed E-state index contributed by atoms with van der Waals surface area (Å²) in [5.74, 6) is 1.33. The topological polar surface area (TPSA) is 56.7 Å². The molecule has 130 valence electrons. The van der Waals surface area contributed by atoms with E-state index in [1.807, 2.05) is 59.2 Å². The standard InChI is InChI=1S/C18H12Cl2N4OS/c19-13-6-4-12(5-7-13)17-9-16(25-23-17)10-26-18-22-21-11-24(18)15-3-1-2-14(20)8-15/h1-9,11H,10H2. The molecule has 0 radical (unpaired) electrons. The minimum atomic E-state index is 0.583. The fourth-order valence-electron chi connectivity index (χ4n) is 2.40. The summed E-state index contributed by atoms with van der Waals surface area (Å²) in [5, 5.41) is 14.4. The molecule has 2 aromatic heterocycles. The minimum Gasteiger partial charge on any atom is -0.360 e. The van der Waals surface area contributed by atoms with Gasteiger partial charge in [-0.2, -0.15) is 0 Å². The van der Waals surface area contributed by atoms with E-state index in [9.17, 15) is 0 Å². The van der Waals surface area contributed by atoms with Crippen LogP contribution in [-0.2, 0) is 5.75 Å². The van der Waals surface area contributed by atoms with Crippen LogP contribution < -0.4 is 0 Å². The number of thioether (sulfide) groups is 1. The van der Waals surface area contributed by atoms with Gasteiger partial charge in [-0.05, 0) is 30.3 Å². The number of hydrogen-bond acceptors (Lipinski definition) is 5. The molecule has 0 amide bonds. The Morgan fingerprint density at radius 2 is 1.85 bits per heavy atom. The molecule has 0 saturated carbocycles. The summed E-state index contributed by atoms with van der Waals surface area (Å²) < 4.78 is 7.31. The van der Waals surface area contributed by atoms with Gasteiger partial charge in [-0.3, -0.25) is 4.57 Å². The Morgan fingerprint density at radius 1 is 1.00 bits per heavy atom. The lowest BCUT2D eigenvalue weighted by molar-refractivity contribution is 0.397. The van der Waals surface area contributed by atoms with Gasteiger partial charge >= 0.3 is 0 Å². The van der Waals surface area contributed by atoms with Crippen LogP contribution in [0.1, 0.15) is 5.76 Å². The molecular formula is C18H12Cl2N4OS. The van der Waals surface area contributed by atoms with Crippen molar-refractivity contribution in [3.05, 3.63) is 76.7 Å². The lowest BCUT2D eigenvalue weighted by Crippen LogP contribution is -1.95. The second-order valence-corrected chi connectivity index (χ2v) is 7.25. The molecule has 0 aliphatic rings. The summed E-state index contributed by atoms with van der Waals surface area (Å²) in [6.07, 6.45) is 1.66. The van der Waals surface area contributed by atoms with Crippen LogP contribution in [0.15, 0.2) is 70.6 Å². The molecule has 0 atom stereocenters. The normalized spacial score (nSPS) is 11.0. The van der Waals surface area contributed by atoms with Crippen LogP contribution in [0.2, 0.25) is 10.0 Å². The predicted octanol–water partition coefficient (Wildman–Crippen LogP) is 5.52. The van der Waals surface area contributed by atoms with E-state index >= 15 is 0 Å². The number of hydrogen-bond donors (Lipinski definition) is 0. The molecular weight excluding hydrogens is 391 g/mol. The van der Waals surface area contributed by atoms with E-state index in [1.165, 1.54) is 11.8 Å². The second kappa shape index (κ2) is 7.53. The molecule has 0 aliphatic carbocycles. The summed E-state index contributed by atoms with van der Waals surface area (Å²) in [6.45, 7) is 0. The van der Waals surface area contributed by atoms with Crippen molar-refractivity contribution in [2.75, 3.05) is 0 Å². The maximum absolute atomic E-state index is 6.07. The van der Waals surface area contributed by atoms with Crippen LogP contribution in [0.4, 0.5) is 0 Å². The van der Waals surface area contributed by atoms with Gasteiger partial charge in [0.15, 0.2) is 5.16 Å². The van der Waals surface area contributed by atoms with Gasteiger partial charge in [0, 0.05) is 21.7 Å². The fourth-order valence-corrected chi connectivity index (χ4v) is 3.51. The molecule has 8 heteroatoms. The lowest BCUT2D eigenvalue weighted by atomic mass is 10.1. The number of rotatable bonds is 5. The van der Waals surface area contributed by atoms with Crippen LogP contribution in [0, 0.1) is 0 Å². The third-order valence-corrected chi connectivity index (χ3v) is 5.10. The molecule has 0 fully saturated rings. The molecule has 0 unspecified atom stereocenters. The Morgan fingerprint density at radius 3 is 2.65 bits per heavy atom. The highest BCUT2D eigenvalue weighted by atomic mass is 35.5. The van der Waals surface area contributed by atoms with E-state index in [-0.39, 0.29) is 0 Å². The molecule has 0 saturated heterocycles. The third kappa shape index (κ3) is 3.77. The molecule has 0 spiro atoms. The van der Waals surface area contributed by atoms with Crippen molar-refractivity contribution in [1.82, 2.24) is 19.9 Å². The predicted molar refractivity (Wildman–Crippen MR) is 103 cm³/mol. The molecule has 0 bridgehead atoms. The average molecular weight is 403 g/mol. The van der Waals surface area contributed by atoms with Gasteiger partial charge in [-0.25, -0.2) is 0 Å². The zero-order valence-electron chi connectivity index (χ0n) is 13.3. The summed E-state index contributed by atoms with van der Waals surface area (Å²) in [5.41, 5.74) is 2.63. The molecule has 26 heavy (non-hydrogen) atoms. The van der Waals surface area contributed by atoms with E-state index in [0.717, 1.165) is 27.9 Å². The van der Waals surface area contributed by atoms with Gasteiger partial charge in [-0.15, -0.1) is 10.2 Å². The van der Waals surface area contributed by atoms with E-state index < -0.39 is 0 Å². The molecule has 5 nitrogen and oxygen atoms in total. The first-order chi connectivity index (χ1) is 12.7. The molecule has 0 N–H and O–H groups in total. The monoisotopic (exact) mass is 402 g/mol.